The van der Waals surface area contributed by atoms with E-state index in [9.17, 15) is 22.8 Å². The lowest BCUT2D eigenvalue weighted by Crippen LogP contribution is -2.17. The Morgan fingerprint density at radius 3 is 2.32 bits per heavy atom. The van der Waals surface area contributed by atoms with Crippen LogP contribution in [0.25, 0.3) is 0 Å². The van der Waals surface area contributed by atoms with Crippen LogP contribution < -0.4 is 15.4 Å². The van der Waals surface area contributed by atoms with Gasteiger partial charge in [0.1, 0.15) is 12.4 Å². The van der Waals surface area contributed by atoms with Crippen molar-refractivity contribution >= 4 is 23.2 Å². The number of ether oxygens (including phenoxy) is 1. The van der Waals surface area contributed by atoms with E-state index in [1.54, 1.807) is 12.1 Å². The normalized spacial score (nSPS) is 11.0. The van der Waals surface area contributed by atoms with Crippen molar-refractivity contribution in [1.29, 1.82) is 0 Å². The Kier molecular flexibility index (Phi) is 6.59. The Hall–Kier alpha value is -3.81. The van der Waals surface area contributed by atoms with Gasteiger partial charge in [-0.15, -0.1) is 0 Å². The molecule has 0 atom stereocenters. The second-order valence-electron chi connectivity index (χ2n) is 6.70. The van der Waals surface area contributed by atoms with Crippen LogP contribution in [0, 0.1) is 0 Å². The third-order valence-corrected chi connectivity index (χ3v) is 4.24. The van der Waals surface area contributed by atoms with E-state index in [0.717, 1.165) is 17.7 Å². The molecule has 0 saturated heterocycles. The molecule has 2 amide bonds. The number of amides is 2. The van der Waals surface area contributed by atoms with Crippen molar-refractivity contribution in [3.63, 3.8) is 0 Å². The van der Waals surface area contributed by atoms with Crippen LogP contribution in [0.15, 0.2) is 72.8 Å². The lowest BCUT2D eigenvalue weighted by molar-refractivity contribution is -0.137. The molecule has 0 saturated carbocycles. The Bertz CT molecular complexity index is 1080. The summed E-state index contributed by atoms with van der Waals surface area (Å²) in [6.07, 6.45) is -4.72. The lowest BCUT2D eigenvalue weighted by Gasteiger charge is -2.16. The van der Waals surface area contributed by atoms with Crippen LogP contribution in [-0.2, 0) is 17.6 Å². The Labute approximate surface area is 176 Å². The summed E-state index contributed by atoms with van der Waals surface area (Å²) in [6.45, 7) is 1.48. The molecular formula is C23H19F3N2O3. The summed E-state index contributed by atoms with van der Waals surface area (Å²) >= 11 is 0. The highest BCUT2D eigenvalue weighted by molar-refractivity contribution is 6.05. The summed E-state index contributed by atoms with van der Waals surface area (Å²) in [5.74, 6) is -0.811. The zero-order valence-electron chi connectivity index (χ0n) is 16.5. The van der Waals surface area contributed by atoms with Crippen LogP contribution >= 0.6 is 0 Å². The Balaban J connectivity index is 1.77. The molecule has 0 bridgehead atoms. The van der Waals surface area contributed by atoms with Crippen molar-refractivity contribution in [2.75, 3.05) is 10.6 Å². The van der Waals surface area contributed by atoms with E-state index >= 15 is 0 Å². The number of halogens is 3. The SMILES string of the molecule is CC(=O)Nc1ccc(NC(=O)c2cccc(OCc3ccccc3)c2)c(C(F)(F)F)c1. The third-order valence-electron chi connectivity index (χ3n) is 4.24. The van der Waals surface area contributed by atoms with Gasteiger partial charge in [0, 0.05) is 18.2 Å². The number of carbonyl (C=O) groups excluding carboxylic acids is 2. The van der Waals surface area contributed by atoms with Gasteiger partial charge in [0.15, 0.2) is 0 Å². The van der Waals surface area contributed by atoms with E-state index in [4.69, 9.17) is 4.74 Å². The Morgan fingerprint density at radius 1 is 0.903 bits per heavy atom. The standard InChI is InChI=1S/C23H19F3N2O3/c1-15(29)27-18-10-11-21(20(13-18)23(24,25)26)28-22(30)17-8-5-9-19(12-17)31-14-16-6-3-2-4-7-16/h2-13H,14H2,1H3,(H,27,29)(H,28,30). The van der Waals surface area contributed by atoms with Crippen molar-refractivity contribution in [2.24, 2.45) is 0 Å². The van der Waals surface area contributed by atoms with Gasteiger partial charge in [-0.2, -0.15) is 13.2 Å². The first-order valence-electron chi connectivity index (χ1n) is 9.29. The number of hydrogen-bond donors (Lipinski definition) is 2. The number of nitrogens with one attached hydrogen (secondary N) is 2. The van der Waals surface area contributed by atoms with E-state index in [-0.39, 0.29) is 17.9 Å². The van der Waals surface area contributed by atoms with E-state index in [2.05, 4.69) is 10.6 Å². The lowest BCUT2D eigenvalue weighted by atomic mass is 10.1. The highest BCUT2D eigenvalue weighted by Crippen LogP contribution is 2.37. The maximum Gasteiger partial charge on any atom is 0.418 e. The van der Waals surface area contributed by atoms with Crippen molar-refractivity contribution < 1.29 is 27.5 Å². The van der Waals surface area contributed by atoms with Crippen molar-refractivity contribution in [3.8, 4) is 5.75 Å². The molecule has 3 rings (SSSR count). The summed E-state index contributed by atoms with van der Waals surface area (Å²) in [7, 11) is 0. The number of hydrogen-bond acceptors (Lipinski definition) is 3. The first kappa shape index (κ1) is 21.9. The van der Waals surface area contributed by atoms with Gasteiger partial charge in [-0.25, -0.2) is 0 Å². The zero-order valence-corrected chi connectivity index (χ0v) is 16.5. The van der Waals surface area contributed by atoms with E-state index in [0.29, 0.717) is 5.75 Å². The van der Waals surface area contributed by atoms with Crippen LogP contribution in [0.3, 0.4) is 0 Å². The highest BCUT2D eigenvalue weighted by Gasteiger charge is 2.34. The van der Waals surface area contributed by atoms with Gasteiger partial charge < -0.3 is 15.4 Å². The molecule has 3 aromatic rings. The molecule has 0 unspecified atom stereocenters. The molecule has 0 aromatic heterocycles. The van der Waals surface area contributed by atoms with Gasteiger partial charge in [0.05, 0.1) is 11.3 Å². The molecule has 3 aromatic carbocycles. The molecule has 31 heavy (non-hydrogen) atoms. The second-order valence-corrected chi connectivity index (χ2v) is 6.70. The molecule has 0 radical (unpaired) electrons. The average molecular weight is 428 g/mol. The molecule has 2 N–H and O–H groups in total. The molecule has 160 valence electrons. The number of alkyl halides is 3. The molecule has 0 spiro atoms. The summed E-state index contributed by atoms with van der Waals surface area (Å²) in [5, 5.41) is 4.58. The number of anilines is 2. The highest BCUT2D eigenvalue weighted by atomic mass is 19.4. The molecule has 5 nitrogen and oxygen atoms in total. The summed E-state index contributed by atoms with van der Waals surface area (Å²) in [6, 6.07) is 18.7. The molecule has 0 fully saturated rings. The maximum absolute atomic E-state index is 13.5. The largest absolute Gasteiger partial charge is 0.489 e. The van der Waals surface area contributed by atoms with Crippen LogP contribution in [0.4, 0.5) is 24.5 Å². The molecular weight excluding hydrogens is 409 g/mol. The smallest absolute Gasteiger partial charge is 0.418 e. The minimum Gasteiger partial charge on any atom is -0.489 e. The maximum atomic E-state index is 13.5. The Morgan fingerprint density at radius 2 is 1.65 bits per heavy atom. The van der Waals surface area contributed by atoms with Gasteiger partial charge in [0.2, 0.25) is 5.91 Å². The number of rotatable bonds is 6. The van der Waals surface area contributed by atoms with Gasteiger partial charge >= 0.3 is 6.18 Å². The number of carbonyl (C=O) groups is 2. The van der Waals surface area contributed by atoms with Crippen LogP contribution in [-0.4, -0.2) is 11.8 Å². The fourth-order valence-electron chi connectivity index (χ4n) is 2.83. The van der Waals surface area contributed by atoms with Crippen molar-refractivity contribution in [3.05, 3.63) is 89.5 Å². The van der Waals surface area contributed by atoms with Crippen LogP contribution in [0.5, 0.6) is 5.75 Å². The van der Waals surface area contributed by atoms with Gasteiger partial charge in [-0.05, 0) is 42.0 Å². The van der Waals surface area contributed by atoms with E-state index in [1.165, 1.54) is 25.1 Å². The second kappa shape index (κ2) is 9.34. The fraction of sp³-hybridized carbons (Fsp3) is 0.130. The molecule has 8 heteroatoms. The van der Waals surface area contributed by atoms with E-state index < -0.39 is 29.2 Å². The topological polar surface area (TPSA) is 67.4 Å². The molecule has 0 heterocycles. The van der Waals surface area contributed by atoms with Gasteiger partial charge in [-0.1, -0.05) is 36.4 Å². The summed E-state index contributed by atoms with van der Waals surface area (Å²) < 4.78 is 46.0. The quantitative estimate of drug-likeness (QED) is 0.545. The minimum atomic E-state index is -4.72. The first-order chi connectivity index (χ1) is 14.7. The molecule has 0 aliphatic heterocycles. The molecule has 0 aliphatic carbocycles. The zero-order chi connectivity index (χ0) is 22.4. The average Bonchev–Trinajstić information content (AvgIpc) is 2.73. The van der Waals surface area contributed by atoms with Gasteiger partial charge in [0.25, 0.3) is 5.91 Å². The van der Waals surface area contributed by atoms with Gasteiger partial charge in [-0.3, -0.25) is 9.59 Å². The number of benzene rings is 3. The van der Waals surface area contributed by atoms with Crippen LogP contribution in [0.2, 0.25) is 0 Å². The van der Waals surface area contributed by atoms with Crippen molar-refractivity contribution in [2.45, 2.75) is 19.7 Å². The minimum absolute atomic E-state index is 0.0193. The predicted molar refractivity (Wildman–Crippen MR) is 111 cm³/mol. The first-order valence-corrected chi connectivity index (χ1v) is 9.29. The predicted octanol–water partition coefficient (Wildman–Crippen LogP) is 5.50. The van der Waals surface area contributed by atoms with Crippen LogP contribution in [0.1, 0.15) is 28.4 Å². The monoisotopic (exact) mass is 428 g/mol. The van der Waals surface area contributed by atoms with E-state index in [1.807, 2.05) is 30.3 Å². The third kappa shape index (κ3) is 6.08. The summed E-state index contributed by atoms with van der Waals surface area (Å²) in [4.78, 5) is 23.7. The summed E-state index contributed by atoms with van der Waals surface area (Å²) in [5.41, 5.74) is -0.420. The molecule has 0 aliphatic rings. The fourth-order valence-corrected chi connectivity index (χ4v) is 2.83. The van der Waals surface area contributed by atoms with Crippen molar-refractivity contribution in [1.82, 2.24) is 0 Å².